The highest BCUT2D eigenvalue weighted by molar-refractivity contribution is 7.09. The summed E-state index contributed by atoms with van der Waals surface area (Å²) in [6, 6.07) is 0. The zero-order valence-electron chi connectivity index (χ0n) is 14.0. The van der Waals surface area contributed by atoms with Crippen LogP contribution in [0.15, 0.2) is 11.0 Å². The van der Waals surface area contributed by atoms with Crippen molar-refractivity contribution in [1.82, 2.24) is 10.3 Å². The SMILES string of the molecule is CCNCC(=Cc1csc(C(C)(C)C)n1)C1CCCCC1. The second-order valence-electron chi connectivity index (χ2n) is 7.16. The molecule has 1 heterocycles. The Morgan fingerprint density at radius 2 is 2.05 bits per heavy atom. The van der Waals surface area contributed by atoms with E-state index in [9.17, 15) is 0 Å². The van der Waals surface area contributed by atoms with E-state index >= 15 is 0 Å². The van der Waals surface area contributed by atoms with Crippen LogP contribution in [0.4, 0.5) is 0 Å². The van der Waals surface area contributed by atoms with Gasteiger partial charge in [0, 0.05) is 17.3 Å². The lowest BCUT2D eigenvalue weighted by Gasteiger charge is -2.24. The number of likely N-dealkylation sites (N-methyl/N-ethyl adjacent to an activating group) is 1. The summed E-state index contributed by atoms with van der Waals surface area (Å²) in [6.07, 6.45) is 9.25. The molecule has 1 fully saturated rings. The molecule has 0 aromatic carbocycles. The molecule has 1 N–H and O–H groups in total. The fourth-order valence-electron chi connectivity index (χ4n) is 2.94. The first-order chi connectivity index (χ1) is 10.0. The topological polar surface area (TPSA) is 24.9 Å². The fraction of sp³-hybridized carbons (Fsp3) is 0.722. The summed E-state index contributed by atoms with van der Waals surface area (Å²) in [5, 5.41) is 6.96. The highest BCUT2D eigenvalue weighted by atomic mass is 32.1. The second-order valence-corrected chi connectivity index (χ2v) is 8.02. The summed E-state index contributed by atoms with van der Waals surface area (Å²) in [4.78, 5) is 4.84. The second kappa shape index (κ2) is 7.55. The molecule has 1 aromatic heterocycles. The summed E-state index contributed by atoms with van der Waals surface area (Å²) in [5.74, 6) is 0.762. The van der Waals surface area contributed by atoms with Crippen LogP contribution < -0.4 is 5.32 Å². The third-order valence-electron chi connectivity index (χ3n) is 4.21. The normalized spacial score (nSPS) is 18.2. The monoisotopic (exact) mass is 306 g/mol. The van der Waals surface area contributed by atoms with Crippen molar-refractivity contribution in [1.29, 1.82) is 0 Å². The predicted molar refractivity (Wildman–Crippen MR) is 93.9 cm³/mol. The number of rotatable bonds is 5. The molecule has 21 heavy (non-hydrogen) atoms. The molecule has 0 aliphatic heterocycles. The molecule has 0 saturated heterocycles. The van der Waals surface area contributed by atoms with E-state index in [2.05, 4.69) is 44.5 Å². The van der Waals surface area contributed by atoms with Crippen LogP contribution in [0, 0.1) is 5.92 Å². The van der Waals surface area contributed by atoms with E-state index in [0.717, 1.165) is 24.7 Å². The van der Waals surface area contributed by atoms with Gasteiger partial charge in [-0.2, -0.15) is 0 Å². The highest BCUT2D eigenvalue weighted by Crippen LogP contribution is 2.32. The van der Waals surface area contributed by atoms with Crippen LogP contribution in [0.25, 0.3) is 6.08 Å². The number of hydrogen-bond donors (Lipinski definition) is 1. The minimum absolute atomic E-state index is 0.156. The van der Waals surface area contributed by atoms with Gasteiger partial charge in [-0.25, -0.2) is 4.98 Å². The molecule has 0 bridgehead atoms. The van der Waals surface area contributed by atoms with E-state index in [1.165, 1.54) is 37.1 Å². The first kappa shape index (κ1) is 16.7. The molecule has 0 radical (unpaired) electrons. The smallest absolute Gasteiger partial charge is 0.0985 e. The average Bonchev–Trinajstić information content (AvgIpc) is 2.93. The maximum Gasteiger partial charge on any atom is 0.0985 e. The van der Waals surface area contributed by atoms with E-state index < -0.39 is 0 Å². The molecular formula is C18H30N2S. The number of thiazole rings is 1. The largest absolute Gasteiger partial charge is 0.313 e. The number of hydrogen-bond acceptors (Lipinski definition) is 3. The van der Waals surface area contributed by atoms with Crippen LogP contribution in [0.1, 0.15) is 70.5 Å². The molecule has 0 unspecified atom stereocenters. The van der Waals surface area contributed by atoms with Gasteiger partial charge in [0.15, 0.2) is 0 Å². The Balaban J connectivity index is 2.16. The van der Waals surface area contributed by atoms with Gasteiger partial charge >= 0.3 is 0 Å². The van der Waals surface area contributed by atoms with Gasteiger partial charge in [0.2, 0.25) is 0 Å². The minimum atomic E-state index is 0.156. The molecule has 1 aromatic rings. The molecular weight excluding hydrogens is 276 g/mol. The van der Waals surface area contributed by atoms with Crippen LogP contribution in [-0.2, 0) is 5.41 Å². The summed E-state index contributed by atoms with van der Waals surface area (Å²) >= 11 is 1.79. The summed E-state index contributed by atoms with van der Waals surface area (Å²) in [5.41, 5.74) is 2.87. The maximum atomic E-state index is 4.84. The van der Waals surface area contributed by atoms with E-state index in [4.69, 9.17) is 4.98 Å². The van der Waals surface area contributed by atoms with Crippen molar-refractivity contribution >= 4 is 17.4 Å². The van der Waals surface area contributed by atoms with E-state index in [-0.39, 0.29) is 5.41 Å². The standard InChI is InChI=1S/C18H30N2S/c1-5-19-12-15(14-9-7-6-8-10-14)11-16-13-21-17(20-16)18(2,3)4/h11,13-14,19H,5-10,12H2,1-4H3. The summed E-state index contributed by atoms with van der Waals surface area (Å²) < 4.78 is 0. The van der Waals surface area contributed by atoms with Gasteiger partial charge in [0.05, 0.1) is 10.7 Å². The van der Waals surface area contributed by atoms with Crippen molar-refractivity contribution < 1.29 is 0 Å². The molecule has 2 rings (SSSR count). The molecule has 1 aliphatic rings. The van der Waals surface area contributed by atoms with Crippen LogP contribution >= 0.6 is 11.3 Å². The first-order valence-electron chi connectivity index (χ1n) is 8.38. The van der Waals surface area contributed by atoms with E-state index in [0.29, 0.717) is 0 Å². The van der Waals surface area contributed by atoms with Crippen molar-refractivity contribution in [2.45, 2.75) is 65.2 Å². The van der Waals surface area contributed by atoms with Crippen LogP contribution in [-0.4, -0.2) is 18.1 Å². The Hall–Kier alpha value is -0.670. The zero-order chi connectivity index (χ0) is 15.3. The van der Waals surface area contributed by atoms with Crippen molar-refractivity contribution in [2.75, 3.05) is 13.1 Å². The van der Waals surface area contributed by atoms with Crippen molar-refractivity contribution in [3.05, 3.63) is 21.7 Å². The molecule has 1 saturated carbocycles. The van der Waals surface area contributed by atoms with Gasteiger partial charge in [0.1, 0.15) is 0 Å². The lowest BCUT2D eigenvalue weighted by molar-refractivity contribution is 0.397. The molecule has 0 atom stereocenters. The van der Waals surface area contributed by atoms with Gasteiger partial charge in [-0.3, -0.25) is 0 Å². The number of nitrogens with one attached hydrogen (secondary N) is 1. The summed E-state index contributed by atoms with van der Waals surface area (Å²) in [6.45, 7) is 10.9. The lowest BCUT2D eigenvalue weighted by atomic mass is 9.83. The Kier molecular flexibility index (Phi) is 6.00. The predicted octanol–water partition coefficient (Wildman–Crippen LogP) is 5.01. The quantitative estimate of drug-likeness (QED) is 0.826. The van der Waals surface area contributed by atoms with E-state index in [1.54, 1.807) is 16.9 Å². The fourth-order valence-corrected chi connectivity index (χ4v) is 3.81. The first-order valence-corrected chi connectivity index (χ1v) is 9.26. The lowest BCUT2D eigenvalue weighted by Crippen LogP contribution is -2.22. The Morgan fingerprint density at radius 3 is 2.62 bits per heavy atom. The Bertz CT molecular complexity index is 462. The van der Waals surface area contributed by atoms with Crippen molar-refractivity contribution in [2.24, 2.45) is 5.92 Å². The molecule has 118 valence electrons. The van der Waals surface area contributed by atoms with Gasteiger partial charge in [-0.05, 0) is 31.4 Å². The molecule has 1 aliphatic carbocycles. The average molecular weight is 307 g/mol. The number of nitrogens with zero attached hydrogens (tertiary/aromatic N) is 1. The van der Waals surface area contributed by atoms with Gasteiger partial charge in [-0.15, -0.1) is 11.3 Å². The van der Waals surface area contributed by atoms with E-state index in [1.807, 2.05) is 0 Å². The Labute approximate surface area is 134 Å². The third kappa shape index (κ3) is 4.93. The van der Waals surface area contributed by atoms with Crippen LogP contribution in [0.5, 0.6) is 0 Å². The molecule has 3 heteroatoms. The van der Waals surface area contributed by atoms with Gasteiger partial charge in [-0.1, -0.05) is 52.5 Å². The zero-order valence-corrected chi connectivity index (χ0v) is 14.9. The minimum Gasteiger partial charge on any atom is -0.313 e. The third-order valence-corrected chi connectivity index (χ3v) is 5.49. The highest BCUT2D eigenvalue weighted by Gasteiger charge is 2.20. The van der Waals surface area contributed by atoms with Crippen LogP contribution in [0.3, 0.4) is 0 Å². The van der Waals surface area contributed by atoms with Crippen LogP contribution in [0.2, 0.25) is 0 Å². The van der Waals surface area contributed by atoms with Gasteiger partial charge < -0.3 is 5.32 Å². The molecule has 2 nitrogen and oxygen atoms in total. The molecule has 0 amide bonds. The summed E-state index contributed by atoms with van der Waals surface area (Å²) in [7, 11) is 0. The number of aromatic nitrogens is 1. The maximum absolute atomic E-state index is 4.84. The van der Waals surface area contributed by atoms with Gasteiger partial charge in [0.25, 0.3) is 0 Å². The Morgan fingerprint density at radius 1 is 1.33 bits per heavy atom. The van der Waals surface area contributed by atoms with Crippen molar-refractivity contribution in [3.63, 3.8) is 0 Å². The molecule has 0 spiro atoms. The van der Waals surface area contributed by atoms with Crippen molar-refractivity contribution in [3.8, 4) is 0 Å².